The highest BCUT2D eigenvalue weighted by Gasteiger charge is 2.30. The first-order valence-electron chi connectivity index (χ1n) is 19.7. The van der Waals surface area contributed by atoms with E-state index in [1.165, 1.54) is 22.3 Å². The summed E-state index contributed by atoms with van der Waals surface area (Å²) in [7, 11) is 0. The van der Waals surface area contributed by atoms with Gasteiger partial charge in [0.25, 0.3) is 0 Å². The summed E-state index contributed by atoms with van der Waals surface area (Å²) in [6.45, 7) is 5.17. The summed E-state index contributed by atoms with van der Waals surface area (Å²) < 4.78 is 5.07. The lowest BCUT2D eigenvalue weighted by atomic mass is 9.87. The van der Waals surface area contributed by atoms with Crippen LogP contribution in [0.4, 0.5) is 0 Å². The quantitative estimate of drug-likeness (QED) is 0.151. The summed E-state index contributed by atoms with van der Waals surface area (Å²) >= 11 is 0. The van der Waals surface area contributed by atoms with E-state index in [2.05, 4.69) is 181 Å². The zero-order valence-electron chi connectivity index (χ0n) is 31.3. The van der Waals surface area contributed by atoms with Crippen molar-refractivity contribution in [2.24, 2.45) is 9.98 Å². The van der Waals surface area contributed by atoms with Gasteiger partial charge in [-0.25, -0.2) is 9.98 Å². The summed E-state index contributed by atoms with van der Waals surface area (Å²) in [6.07, 6.45) is 13.1. The molecule has 0 radical (unpaired) electrons. The molecule has 0 amide bonds. The molecule has 4 aromatic carbocycles. The highest BCUT2D eigenvalue weighted by Crippen LogP contribution is 2.41. The number of hydrogen-bond donors (Lipinski definition) is 0. The van der Waals surface area contributed by atoms with Crippen molar-refractivity contribution in [2.45, 2.75) is 46.2 Å². The first-order valence-corrected chi connectivity index (χ1v) is 19.7. The van der Waals surface area contributed by atoms with Gasteiger partial charge in [-0.2, -0.15) is 0 Å². The van der Waals surface area contributed by atoms with E-state index in [0.717, 1.165) is 104 Å². The summed E-state index contributed by atoms with van der Waals surface area (Å²) in [5.74, 6) is 0. The Morgan fingerprint density at radius 3 is 1.38 bits per heavy atom. The molecule has 4 nitrogen and oxygen atoms in total. The molecule has 0 fully saturated rings. The van der Waals surface area contributed by atoms with Gasteiger partial charge in [0.2, 0.25) is 0 Å². The maximum atomic E-state index is 5.63. The van der Waals surface area contributed by atoms with Gasteiger partial charge in [0.1, 0.15) is 6.67 Å². The summed E-state index contributed by atoms with van der Waals surface area (Å²) in [4.78, 5) is 11.1. The Morgan fingerprint density at radius 1 is 0.436 bits per heavy atom. The number of hydrogen-bond acceptors (Lipinski definition) is 2. The van der Waals surface area contributed by atoms with Crippen LogP contribution in [0.5, 0.6) is 0 Å². The van der Waals surface area contributed by atoms with Crippen molar-refractivity contribution in [3.8, 4) is 0 Å². The molecule has 4 aliphatic rings. The normalized spacial score (nSPS) is 15.5. The monoisotopic (exact) mass is 710 g/mol. The van der Waals surface area contributed by atoms with Crippen LogP contribution in [0.2, 0.25) is 0 Å². The van der Waals surface area contributed by atoms with Crippen LogP contribution in [0.1, 0.15) is 71.5 Å². The molecule has 4 heteroatoms. The number of allylic oxidation sites excluding steroid dienone is 4. The lowest BCUT2D eigenvalue weighted by molar-refractivity contribution is 0.578. The van der Waals surface area contributed by atoms with Gasteiger partial charge in [0, 0.05) is 22.3 Å². The van der Waals surface area contributed by atoms with Crippen molar-refractivity contribution in [1.82, 2.24) is 9.13 Å². The predicted molar refractivity (Wildman–Crippen MR) is 227 cm³/mol. The van der Waals surface area contributed by atoms with Crippen LogP contribution in [0.25, 0.3) is 22.3 Å². The Balaban J connectivity index is 1.42. The smallest absolute Gasteiger partial charge is 0.100 e. The van der Waals surface area contributed by atoms with Crippen LogP contribution in [0, 0.1) is 0 Å². The van der Waals surface area contributed by atoms with Crippen molar-refractivity contribution < 1.29 is 0 Å². The fourth-order valence-electron chi connectivity index (χ4n) is 8.95. The maximum Gasteiger partial charge on any atom is 0.100 e. The molecule has 2 aromatic heterocycles. The number of aryl methyl sites for hydroxylation is 2. The van der Waals surface area contributed by atoms with Crippen LogP contribution >= 0.6 is 0 Å². The van der Waals surface area contributed by atoms with Gasteiger partial charge in [-0.05, 0) is 94.8 Å². The number of fused-ring (bicyclic) bond motifs is 2. The summed E-state index contributed by atoms with van der Waals surface area (Å²) in [6, 6.07) is 48.5. The van der Waals surface area contributed by atoms with E-state index in [1.54, 1.807) is 0 Å². The molecule has 6 heterocycles. The second kappa shape index (κ2) is 13.7. The van der Waals surface area contributed by atoms with Gasteiger partial charge < -0.3 is 9.13 Å². The average molecular weight is 711 g/mol. The largest absolute Gasteiger partial charge is 0.322 e. The van der Waals surface area contributed by atoms with E-state index in [4.69, 9.17) is 9.98 Å². The van der Waals surface area contributed by atoms with E-state index in [9.17, 15) is 0 Å². The van der Waals surface area contributed by atoms with Crippen molar-refractivity contribution in [3.63, 3.8) is 0 Å². The minimum absolute atomic E-state index is 0.599. The molecule has 0 saturated heterocycles. The van der Waals surface area contributed by atoms with E-state index in [1.807, 2.05) is 0 Å². The van der Waals surface area contributed by atoms with Gasteiger partial charge in [0.15, 0.2) is 0 Å². The second-order valence-corrected chi connectivity index (χ2v) is 14.7. The Hall–Kier alpha value is -6.52. The Labute approximate surface area is 322 Å². The predicted octanol–water partition coefficient (Wildman–Crippen LogP) is 9.67. The van der Waals surface area contributed by atoms with Gasteiger partial charge in [-0.15, -0.1) is 0 Å². The second-order valence-electron chi connectivity index (χ2n) is 14.7. The lowest BCUT2D eigenvalue weighted by Gasteiger charge is -2.24. The standard InChI is InChI=1S/C51H42N4/c1-3-15-34-23-14-24-35(16-4-2)47(34)51-42-28-27-41(53-42)50(38-21-12-7-13-22-38)44-30-29-43-48(36-17-8-5-9-18-36)39-25-26-40(52-39)49(37-19-10-6-11-20-37)45-31-32-46(51)55(45)33-54(43)44/h5-14,17-32H,3-4,15-16,33H2,1-2H3. The third-order valence-corrected chi connectivity index (χ3v) is 11.3. The van der Waals surface area contributed by atoms with E-state index >= 15 is 0 Å². The number of aromatic nitrogens is 2. The highest BCUT2D eigenvalue weighted by atomic mass is 15.2. The molecule has 0 aliphatic carbocycles. The third-order valence-electron chi connectivity index (χ3n) is 11.3. The number of aliphatic imine (C=N–C) groups is 2. The molecule has 0 atom stereocenters. The molecule has 4 aliphatic heterocycles. The Bertz CT molecular complexity index is 2790. The molecule has 0 saturated carbocycles. The van der Waals surface area contributed by atoms with Gasteiger partial charge in [0.05, 0.1) is 44.9 Å². The first-order chi connectivity index (χ1) is 27.2. The lowest BCUT2D eigenvalue weighted by Crippen LogP contribution is -2.36. The van der Waals surface area contributed by atoms with Crippen molar-refractivity contribution in [1.29, 1.82) is 0 Å². The Kier molecular flexibility index (Phi) is 8.25. The number of benzene rings is 4. The Morgan fingerprint density at radius 2 is 0.891 bits per heavy atom. The van der Waals surface area contributed by atoms with Crippen LogP contribution < -0.4 is 10.7 Å². The van der Waals surface area contributed by atoms with Crippen molar-refractivity contribution >= 4 is 33.7 Å². The SMILES string of the molecule is CCCc1cccc(CCC)c1C1=C2C=CC(=N2)C(c2ccccc2)=c2ccc3n2Cn2c(ccc21)C(c1ccccc1)=C1C=CC(=N1)C=3c1ccccc1. The molecule has 0 unspecified atom stereocenters. The summed E-state index contributed by atoms with van der Waals surface area (Å²) in [5.41, 5.74) is 18.3. The molecule has 0 N–H and O–H groups in total. The van der Waals surface area contributed by atoms with Crippen LogP contribution in [0.3, 0.4) is 0 Å². The molecule has 6 aromatic rings. The van der Waals surface area contributed by atoms with Crippen LogP contribution in [-0.4, -0.2) is 20.6 Å². The van der Waals surface area contributed by atoms with Crippen molar-refractivity contribution in [2.75, 3.05) is 0 Å². The minimum Gasteiger partial charge on any atom is -0.322 e. The third kappa shape index (κ3) is 5.51. The van der Waals surface area contributed by atoms with E-state index < -0.39 is 0 Å². The maximum absolute atomic E-state index is 5.63. The fraction of sp³-hybridized carbons (Fsp3) is 0.137. The molecule has 266 valence electrons. The van der Waals surface area contributed by atoms with E-state index in [-0.39, 0.29) is 0 Å². The first kappa shape index (κ1) is 33.1. The number of rotatable bonds is 8. The molecule has 0 spiro atoms. The van der Waals surface area contributed by atoms with Gasteiger partial charge in [-0.3, -0.25) is 0 Å². The molecule has 6 bridgehead atoms. The molecular formula is C51H42N4. The van der Waals surface area contributed by atoms with Crippen molar-refractivity contribution in [3.05, 3.63) is 225 Å². The minimum atomic E-state index is 0.599. The van der Waals surface area contributed by atoms with Crippen LogP contribution in [0.15, 0.2) is 179 Å². The molecule has 55 heavy (non-hydrogen) atoms. The van der Waals surface area contributed by atoms with Gasteiger partial charge in [-0.1, -0.05) is 136 Å². The van der Waals surface area contributed by atoms with Gasteiger partial charge >= 0.3 is 0 Å². The zero-order valence-corrected chi connectivity index (χ0v) is 31.3. The topological polar surface area (TPSA) is 34.6 Å². The summed E-state index contributed by atoms with van der Waals surface area (Å²) in [5, 5.41) is 2.25. The van der Waals surface area contributed by atoms with E-state index in [0.29, 0.717) is 6.67 Å². The fourth-order valence-corrected chi connectivity index (χ4v) is 8.95. The van der Waals surface area contributed by atoms with Crippen LogP contribution in [-0.2, 0) is 19.5 Å². The molecule has 10 rings (SSSR count). The number of nitrogens with zero attached hydrogens (tertiary/aromatic N) is 4. The molecular weight excluding hydrogens is 669 g/mol. The average Bonchev–Trinajstić information content (AvgIpc) is 4.05. The highest BCUT2D eigenvalue weighted by molar-refractivity contribution is 6.31. The zero-order chi connectivity index (χ0) is 36.9.